The number of carbonyl (C=O) groups excluding carboxylic acids is 1. The van der Waals surface area contributed by atoms with Crippen LogP contribution in [0.15, 0.2) is 54.7 Å². The highest BCUT2D eigenvalue weighted by Crippen LogP contribution is 2.36. The van der Waals surface area contributed by atoms with Crippen LogP contribution in [0.1, 0.15) is 30.9 Å². The topological polar surface area (TPSA) is 21.5 Å². The van der Waals surface area contributed by atoms with Crippen molar-refractivity contribution in [3.05, 3.63) is 71.7 Å². The van der Waals surface area contributed by atoms with Crippen molar-refractivity contribution in [2.24, 2.45) is 0 Å². The van der Waals surface area contributed by atoms with Gasteiger partial charge >= 0.3 is 0 Å². The smallest absolute Gasteiger partial charge is 0.142 e. The van der Waals surface area contributed by atoms with Gasteiger partial charge in [0.15, 0.2) is 0 Å². The highest BCUT2D eigenvalue weighted by Gasteiger charge is 2.19. The van der Waals surface area contributed by atoms with Crippen LogP contribution < -0.4 is 0 Å². The molecule has 116 valence electrons. The highest BCUT2D eigenvalue weighted by molar-refractivity contribution is 5.87. The number of pyridine rings is 1. The predicted octanol–water partition coefficient (Wildman–Crippen LogP) is 5.08. The fourth-order valence-corrected chi connectivity index (χ4v) is 3.07. The predicted molar refractivity (Wildman–Crippen MR) is 92.0 cm³/mol. The van der Waals surface area contributed by atoms with Crippen molar-refractivity contribution in [3.8, 4) is 11.3 Å². The van der Waals surface area contributed by atoms with E-state index in [0.717, 1.165) is 28.6 Å². The molecule has 0 bridgehead atoms. The Morgan fingerprint density at radius 1 is 1.09 bits per heavy atom. The summed E-state index contributed by atoms with van der Waals surface area (Å²) in [6.45, 7) is 4.27. The average Bonchev–Trinajstić information content (AvgIpc) is 2.88. The second kappa shape index (κ2) is 6.21. The Morgan fingerprint density at radius 3 is 2.48 bits per heavy atom. The van der Waals surface area contributed by atoms with Gasteiger partial charge in [0.2, 0.25) is 0 Å². The Morgan fingerprint density at radius 2 is 1.83 bits per heavy atom. The average molecular weight is 307 g/mol. The van der Waals surface area contributed by atoms with Gasteiger partial charge in [0.1, 0.15) is 12.1 Å². The van der Waals surface area contributed by atoms with Gasteiger partial charge in [-0.25, -0.2) is 4.39 Å². The monoisotopic (exact) mass is 307 g/mol. The molecule has 0 radical (unpaired) electrons. The van der Waals surface area contributed by atoms with Gasteiger partial charge in [0.05, 0.1) is 5.69 Å². The number of carbonyl (C=O) groups is 1. The Kier molecular flexibility index (Phi) is 4.11. The zero-order chi connectivity index (χ0) is 16.4. The van der Waals surface area contributed by atoms with Crippen LogP contribution in [0.2, 0.25) is 0 Å². The molecule has 2 heterocycles. The summed E-state index contributed by atoms with van der Waals surface area (Å²) < 4.78 is 15.4. The summed E-state index contributed by atoms with van der Waals surface area (Å²) >= 11 is 0. The zero-order valence-electron chi connectivity index (χ0n) is 13.2. The van der Waals surface area contributed by atoms with Crippen LogP contribution >= 0.6 is 0 Å². The molecule has 0 saturated carbocycles. The third-order valence-electron chi connectivity index (χ3n) is 3.96. The molecule has 0 aliphatic heterocycles. The molecular formula is C20H18FNO. The van der Waals surface area contributed by atoms with E-state index in [-0.39, 0.29) is 5.82 Å². The fraction of sp³-hybridized carbons (Fsp3) is 0.150. The quantitative estimate of drug-likeness (QED) is 0.486. The molecule has 3 heteroatoms. The van der Waals surface area contributed by atoms with Gasteiger partial charge in [-0.1, -0.05) is 19.9 Å². The van der Waals surface area contributed by atoms with Crippen LogP contribution in [-0.2, 0) is 4.79 Å². The number of fused-ring (bicyclic) bond motifs is 1. The van der Waals surface area contributed by atoms with Crippen LogP contribution in [0.25, 0.3) is 22.9 Å². The molecule has 2 nitrogen and oxygen atoms in total. The van der Waals surface area contributed by atoms with Crippen LogP contribution in [0.4, 0.5) is 4.39 Å². The van der Waals surface area contributed by atoms with Gasteiger partial charge in [0, 0.05) is 17.3 Å². The lowest BCUT2D eigenvalue weighted by Crippen LogP contribution is -1.89. The van der Waals surface area contributed by atoms with Gasteiger partial charge in [-0.05, 0) is 65.6 Å². The Labute approximate surface area is 134 Å². The van der Waals surface area contributed by atoms with Crippen LogP contribution in [0.5, 0.6) is 0 Å². The van der Waals surface area contributed by atoms with Crippen molar-refractivity contribution in [1.29, 1.82) is 0 Å². The van der Waals surface area contributed by atoms with E-state index in [1.54, 1.807) is 12.1 Å². The molecule has 0 aliphatic rings. The molecule has 1 aromatic carbocycles. The first-order chi connectivity index (χ1) is 11.1. The highest BCUT2D eigenvalue weighted by atomic mass is 19.1. The van der Waals surface area contributed by atoms with Gasteiger partial charge in [-0.15, -0.1) is 0 Å². The fourth-order valence-electron chi connectivity index (χ4n) is 3.07. The summed E-state index contributed by atoms with van der Waals surface area (Å²) in [5.74, 6) is 0.0385. The molecule has 3 aromatic rings. The minimum absolute atomic E-state index is 0.260. The van der Waals surface area contributed by atoms with Crippen LogP contribution in [0, 0.1) is 5.82 Å². The maximum absolute atomic E-state index is 13.3. The van der Waals surface area contributed by atoms with E-state index in [1.807, 2.05) is 24.4 Å². The van der Waals surface area contributed by atoms with Crippen LogP contribution in [-0.4, -0.2) is 10.7 Å². The number of hydrogen-bond acceptors (Lipinski definition) is 1. The number of aromatic nitrogens is 1. The van der Waals surface area contributed by atoms with Crippen molar-refractivity contribution < 1.29 is 9.18 Å². The Hall–Kier alpha value is -2.68. The summed E-state index contributed by atoms with van der Waals surface area (Å²) in [4.78, 5) is 10.8. The minimum Gasteiger partial charge on any atom is -0.316 e. The van der Waals surface area contributed by atoms with Gasteiger partial charge in [0.25, 0.3) is 0 Å². The lowest BCUT2D eigenvalue weighted by atomic mass is 9.96. The van der Waals surface area contributed by atoms with E-state index < -0.39 is 0 Å². The first-order valence-corrected chi connectivity index (χ1v) is 7.64. The van der Waals surface area contributed by atoms with E-state index in [0.29, 0.717) is 5.92 Å². The number of aldehydes is 1. The maximum Gasteiger partial charge on any atom is 0.142 e. The largest absolute Gasteiger partial charge is 0.316 e. The van der Waals surface area contributed by atoms with Gasteiger partial charge in [-0.2, -0.15) is 0 Å². The van der Waals surface area contributed by atoms with E-state index in [4.69, 9.17) is 0 Å². The van der Waals surface area contributed by atoms with E-state index in [2.05, 4.69) is 24.3 Å². The number of halogens is 1. The molecule has 0 atom stereocenters. The normalized spacial score (nSPS) is 11.7. The molecule has 0 amide bonds. The molecule has 2 aromatic heterocycles. The van der Waals surface area contributed by atoms with Gasteiger partial charge in [-0.3, -0.25) is 4.79 Å². The number of allylic oxidation sites excluding steroid dienone is 1. The number of hydrogen-bond donors (Lipinski definition) is 0. The molecule has 0 fully saturated rings. The SMILES string of the molecule is CC(C)c1c(/C=C/C=O)c(-c2ccc(F)cc2)n2ccccc12. The minimum atomic E-state index is -0.260. The first kappa shape index (κ1) is 15.2. The van der Waals surface area contributed by atoms with Crippen molar-refractivity contribution in [1.82, 2.24) is 4.40 Å². The van der Waals surface area contributed by atoms with Crippen molar-refractivity contribution >= 4 is 17.9 Å². The van der Waals surface area contributed by atoms with Crippen molar-refractivity contribution in [2.75, 3.05) is 0 Å². The summed E-state index contributed by atoms with van der Waals surface area (Å²) in [6, 6.07) is 12.5. The Balaban J connectivity index is 2.40. The molecule has 0 spiro atoms. The van der Waals surface area contributed by atoms with Crippen molar-refractivity contribution in [3.63, 3.8) is 0 Å². The molecule has 23 heavy (non-hydrogen) atoms. The molecule has 3 rings (SSSR count). The van der Waals surface area contributed by atoms with E-state index in [1.165, 1.54) is 23.8 Å². The lowest BCUT2D eigenvalue weighted by Gasteiger charge is -2.07. The van der Waals surface area contributed by atoms with E-state index >= 15 is 0 Å². The second-order valence-corrected chi connectivity index (χ2v) is 5.79. The Bertz CT molecular complexity index is 873. The van der Waals surface area contributed by atoms with Gasteiger partial charge < -0.3 is 4.40 Å². The summed E-state index contributed by atoms with van der Waals surface area (Å²) in [7, 11) is 0. The van der Waals surface area contributed by atoms with Crippen LogP contribution in [0.3, 0.4) is 0 Å². The zero-order valence-corrected chi connectivity index (χ0v) is 13.2. The molecule has 0 aliphatic carbocycles. The number of benzene rings is 1. The molecule has 0 N–H and O–H groups in total. The number of rotatable bonds is 4. The summed E-state index contributed by atoms with van der Waals surface area (Å²) in [6.07, 6.45) is 6.13. The van der Waals surface area contributed by atoms with E-state index in [9.17, 15) is 9.18 Å². The summed E-state index contributed by atoms with van der Waals surface area (Å²) in [5, 5.41) is 0. The third kappa shape index (κ3) is 2.70. The molecular weight excluding hydrogens is 289 g/mol. The number of nitrogens with zero attached hydrogens (tertiary/aromatic N) is 1. The standard InChI is InChI=1S/C20H18FNO/c1-14(2)19-17(6-5-13-23)20(15-8-10-16(21)11-9-15)22-12-4-3-7-18(19)22/h3-14H,1-2H3/b6-5+. The summed E-state index contributed by atoms with van der Waals surface area (Å²) in [5.41, 5.74) is 5.19. The first-order valence-electron chi connectivity index (χ1n) is 7.64. The third-order valence-corrected chi connectivity index (χ3v) is 3.96. The lowest BCUT2D eigenvalue weighted by molar-refractivity contribution is -0.104. The molecule has 0 unspecified atom stereocenters. The molecule has 0 saturated heterocycles. The van der Waals surface area contributed by atoms with Crippen molar-refractivity contribution in [2.45, 2.75) is 19.8 Å². The maximum atomic E-state index is 13.3. The second-order valence-electron chi connectivity index (χ2n) is 5.79.